The molecule has 0 aliphatic carbocycles. The molecule has 0 spiro atoms. The lowest BCUT2D eigenvalue weighted by Gasteiger charge is -2.10. The average Bonchev–Trinajstić information content (AvgIpc) is 2.94. The summed E-state index contributed by atoms with van der Waals surface area (Å²) in [6, 6.07) is 5.49. The van der Waals surface area contributed by atoms with Gasteiger partial charge < -0.3 is 15.0 Å². The van der Waals surface area contributed by atoms with Crippen molar-refractivity contribution in [1.29, 1.82) is 0 Å². The highest BCUT2D eigenvalue weighted by Crippen LogP contribution is 2.24. The number of hydrogen-bond acceptors (Lipinski definition) is 5. The normalized spacial score (nSPS) is 10.7. The molecule has 1 aromatic carbocycles. The van der Waals surface area contributed by atoms with Crippen molar-refractivity contribution in [3.05, 3.63) is 41.4 Å². The van der Waals surface area contributed by atoms with Crippen molar-refractivity contribution in [1.82, 2.24) is 19.9 Å². The van der Waals surface area contributed by atoms with Crippen LogP contribution in [0.25, 0.3) is 11.2 Å². The van der Waals surface area contributed by atoms with E-state index in [0.717, 1.165) is 11.3 Å². The number of benzene rings is 1. The van der Waals surface area contributed by atoms with Crippen LogP contribution in [0.5, 0.6) is 5.75 Å². The summed E-state index contributed by atoms with van der Waals surface area (Å²) in [5.41, 5.74) is 2.34. The third kappa shape index (κ3) is 2.37. The third-order valence-corrected chi connectivity index (χ3v) is 3.14. The molecule has 0 aliphatic heterocycles. The number of nitrogens with one attached hydrogen (secondary N) is 2. The maximum absolute atomic E-state index is 6.01. The van der Waals surface area contributed by atoms with Gasteiger partial charge in [0.15, 0.2) is 11.5 Å². The van der Waals surface area contributed by atoms with Crippen molar-refractivity contribution >= 4 is 28.6 Å². The molecule has 0 bridgehead atoms. The highest BCUT2D eigenvalue weighted by atomic mass is 35.5. The number of fused-ring (bicyclic) bond motifs is 1. The molecule has 20 heavy (non-hydrogen) atoms. The lowest BCUT2D eigenvalue weighted by atomic mass is 10.2. The van der Waals surface area contributed by atoms with Crippen molar-refractivity contribution in [3.8, 4) is 5.75 Å². The van der Waals surface area contributed by atoms with Crippen LogP contribution in [0.15, 0.2) is 30.9 Å². The van der Waals surface area contributed by atoms with Crippen molar-refractivity contribution < 1.29 is 4.74 Å². The molecular formula is C13H12ClN5O. The minimum atomic E-state index is 0.530. The van der Waals surface area contributed by atoms with Gasteiger partial charge in [-0.05, 0) is 18.2 Å². The zero-order chi connectivity index (χ0) is 13.9. The molecule has 3 aromatic rings. The maximum atomic E-state index is 6.01. The first-order chi connectivity index (χ1) is 9.78. The second-order valence-corrected chi connectivity index (χ2v) is 4.57. The molecule has 6 nitrogen and oxygen atoms in total. The molecule has 0 unspecified atom stereocenters. The highest BCUT2D eigenvalue weighted by molar-refractivity contribution is 6.30. The zero-order valence-corrected chi connectivity index (χ0v) is 11.5. The SMILES string of the molecule is COc1ccc(Cl)cc1CNc1ncnc2[nH]cnc12. The largest absolute Gasteiger partial charge is 0.496 e. The van der Waals surface area contributed by atoms with Crippen LogP contribution in [0.1, 0.15) is 5.56 Å². The van der Waals surface area contributed by atoms with Gasteiger partial charge >= 0.3 is 0 Å². The smallest absolute Gasteiger partial charge is 0.162 e. The Kier molecular flexibility index (Phi) is 3.39. The van der Waals surface area contributed by atoms with Gasteiger partial charge in [0.2, 0.25) is 0 Å². The first-order valence-electron chi connectivity index (χ1n) is 5.98. The molecule has 0 radical (unpaired) electrons. The van der Waals surface area contributed by atoms with Gasteiger partial charge in [0.1, 0.15) is 17.6 Å². The minimum Gasteiger partial charge on any atom is -0.496 e. The van der Waals surface area contributed by atoms with Crippen LogP contribution in [-0.4, -0.2) is 27.0 Å². The maximum Gasteiger partial charge on any atom is 0.162 e. The van der Waals surface area contributed by atoms with Crippen molar-refractivity contribution in [2.75, 3.05) is 12.4 Å². The average molecular weight is 290 g/mol. The molecule has 0 fully saturated rings. The number of imidazole rings is 1. The monoisotopic (exact) mass is 289 g/mol. The second-order valence-electron chi connectivity index (χ2n) is 4.13. The fourth-order valence-corrected chi connectivity index (χ4v) is 2.15. The van der Waals surface area contributed by atoms with Gasteiger partial charge in [-0.1, -0.05) is 11.6 Å². The van der Waals surface area contributed by atoms with Crippen LogP contribution in [0, 0.1) is 0 Å². The predicted molar refractivity (Wildman–Crippen MR) is 77.0 cm³/mol. The number of H-pyrrole nitrogens is 1. The fraction of sp³-hybridized carbons (Fsp3) is 0.154. The van der Waals surface area contributed by atoms with E-state index in [-0.39, 0.29) is 0 Å². The molecule has 2 N–H and O–H groups in total. The molecule has 2 heterocycles. The molecule has 0 aliphatic rings. The standard InChI is InChI=1S/C13H12ClN5O/c1-20-10-3-2-9(14)4-8(10)5-15-12-11-13(17-6-16-11)19-7-18-12/h2-4,6-7H,5H2,1H3,(H2,15,16,17,18,19). The summed E-state index contributed by atoms with van der Waals surface area (Å²) >= 11 is 6.01. The topological polar surface area (TPSA) is 75.7 Å². The second kappa shape index (κ2) is 5.34. The molecule has 7 heteroatoms. The molecule has 0 saturated heterocycles. The Balaban J connectivity index is 1.86. The van der Waals surface area contributed by atoms with E-state index in [9.17, 15) is 0 Å². The van der Waals surface area contributed by atoms with E-state index in [2.05, 4.69) is 25.3 Å². The van der Waals surface area contributed by atoms with Gasteiger partial charge in [0.25, 0.3) is 0 Å². The summed E-state index contributed by atoms with van der Waals surface area (Å²) in [6.45, 7) is 0.530. The Morgan fingerprint density at radius 2 is 2.20 bits per heavy atom. The van der Waals surface area contributed by atoms with Gasteiger partial charge in [0, 0.05) is 17.1 Å². The molecule has 0 saturated carbocycles. The van der Waals surface area contributed by atoms with E-state index in [1.54, 1.807) is 19.5 Å². The van der Waals surface area contributed by atoms with Gasteiger partial charge in [-0.25, -0.2) is 15.0 Å². The van der Waals surface area contributed by atoms with Crippen molar-refractivity contribution in [2.24, 2.45) is 0 Å². The fourth-order valence-electron chi connectivity index (χ4n) is 1.96. The van der Waals surface area contributed by atoms with Crippen molar-refractivity contribution in [2.45, 2.75) is 6.54 Å². The van der Waals surface area contributed by atoms with Crippen LogP contribution in [-0.2, 0) is 6.54 Å². The number of hydrogen-bond donors (Lipinski definition) is 2. The van der Waals surface area contributed by atoms with Crippen LogP contribution in [0.3, 0.4) is 0 Å². The van der Waals surface area contributed by atoms with E-state index >= 15 is 0 Å². The Bertz CT molecular complexity index is 742. The van der Waals surface area contributed by atoms with Crippen LogP contribution in [0.4, 0.5) is 5.82 Å². The number of aromatic amines is 1. The Hall–Kier alpha value is -2.34. The van der Waals surface area contributed by atoms with E-state index in [1.165, 1.54) is 6.33 Å². The Morgan fingerprint density at radius 1 is 1.30 bits per heavy atom. The molecule has 102 valence electrons. The van der Waals surface area contributed by atoms with Crippen LogP contribution < -0.4 is 10.1 Å². The van der Waals surface area contributed by atoms with E-state index in [4.69, 9.17) is 16.3 Å². The highest BCUT2D eigenvalue weighted by Gasteiger charge is 2.08. The number of nitrogens with zero attached hydrogens (tertiary/aromatic N) is 3. The van der Waals surface area contributed by atoms with Crippen molar-refractivity contribution in [3.63, 3.8) is 0 Å². The Labute approximate surface area is 120 Å². The van der Waals surface area contributed by atoms with Crippen LogP contribution >= 0.6 is 11.6 Å². The molecule has 0 atom stereocenters. The lowest BCUT2D eigenvalue weighted by Crippen LogP contribution is -2.04. The first kappa shape index (κ1) is 12.7. The predicted octanol–water partition coefficient (Wildman–Crippen LogP) is 2.63. The summed E-state index contributed by atoms with van der Waals surface area (Å²) in [6.07, 6.45) is 3.07. The zero-order valence-electron chi connectivity index (χ0n) is 10.7. The van der Waals surface area contributed by atoms with Gasteiger partial charge in [0.05, 0.1) is 13.4 Å². The minimum absolute atomic E-state index is 0.530. The molecular weight excluding hydrogens is 278 g/mol. The summed E-state index contributed by atoms with van der Waals surface area (Å²) in [5.74, 6) is 1.44. The quantitative estimate of drug-likeness (QED) is 0.772. The summed E-state index contributed by atoms with van der Waals surface area (Å²) in [4.78, 5) is 15.4. The summed E-state index contributed by atoms with van der Waals surface area (Å²) in [5, 5.41) is 3.88. The van der Waals surface area contributed by atoms with E-state index in [1.807, 2.05) is 12.1 Å². The number of aromatic nitrogens is 4. The molecule has 3 rings (SSSR count). The lowest BCUT2D eigenvalue weighted by molar-refractivity contribution is 0.410. The molecule has 2 aromatic heterocycles. The Morgan fingerprint density at radius 3 is 3.05 bits per heavy atom. The summed E-state index contributed by atoms with van der Waals surface area (Å²) < 4.78 is 5.31. The van der Waals surface area contributed by atoms with Gasteiger partial charge in [-0.2, -0.15) is 0 Å². The molecule has 0 amide bonds. The van der Waals surface area contributed by atoms with E-state index < -0.39 is 0 Å². The van der Waals surface area contributed by atoms with Crippen LogP contribution in [0.2, 0.25) is 5.02 Å². The van der Waals surface area contributed by atoms with Gasteiger partial charge in [-0.15, -0.1) is 0 Å². The number of ether oxygens (including phenoxy) is 1. The number of halogens is 1. The summed E-state index contributed by atoms with van der Waals surface area (Å²) in [7, 11) is 1.63. The number of methoxy groups -OCH3 is 1. The number of anilines is 1. The third-order valence-electron chi connectivity index (χ3n) is 2.91. The van der Waals surface area contributed by atoms with Gasteiger partial charge in [-0.3, -0.25) is 0 Å². The van der Waals surface area contributed by atoms with E-state index in [0.29, 0.717) is 28.5 Å². The first-order valence-corrected chi connectivity index (χ1v) is 6.36. The number of rotatable bonds is 4.